The van der Waals surface area contributed by atoms with Crippen LogP contribution in [0.1, 0.15) is 17.5 Å². The lowest BCUT2D eigenvalue weighted by atomic mass is 10.1. The summed E-state index contributed by atoms with van der Waals surface area (Å²) >= 11 is 6.37. The average molecular weight is 710 g/mol. The third-order valence-electron chi connectivity index (χ3n) is 6.13. The Morgan fingerprint density at radius 3 is 2.38 bits per heavy atom. The predicted molar refractivity (Wildman–Crippen MR) is 160 cm³/mol. The number of aromatic nitrogens is 2. The lowest BCUT2D eigenvalue weighted by Crippen LogP contribution is -2.32. The zero-order valence-electron chi connectivity index (χ0n) is 24.4. The number of halogens is 7. The van der Waals surface area contributed by atoms with Gasteiger partial charge in [0.1, 0.15) is 39.3 Å². The van der Waals surface area contributed by atoms with Crippen molar-refractivity contribution in [1.82, 2.24) is 14.9 Å². The Balaban J connectivity index is 0.000000771. The molecule has 0 unspecified atom stereocenters. The molecule has 1 aliphatic heterocycles. The molecule has 4 rings (SSSR count). The number of carboxylic acids is 1. The fourth-order valence-corrected chi connectivity index (χ4v) is 4.64. The van der Waals surface area contributed by atoms with Gasteiger partial charge >= 0.3 is 18.3 Å². The van der Waals surface area contributed by atoms with Crippen molar-refractivity contribution < 1.29 is 54.2 Å². The maximum atomic E-state index is 13.0. The molecule has 1 aliphatic rings. The smallest absolute Gasteiger partial charge is 0.475 e. The van der Waals surface area contributed by atoms with Crippen LogP contribution in [0.15, 0.2) is 54.4 Å². The number of amides is 1. The molecule has 0 saturated heterocycles. The molecule has 0 spiro atoms. The van der Waals surface area contributed by atoms with Gasteiger partial charge in [-0.25, -0.2) is 23.2 Å². The standard InChI is InChI=1S/C26H25ClF3N5O4S.C2HF3O2/c1-35(10-11-40(2,37)38)25(36)16-8-9-31-23-20(12-16)24(33-15-32-23)34-18-6-7-22(21(27)14-18)39-19-5-3-4-17(13-19)26(28,29)30;3-2(4,5)1(6)7/h3-7,12-15H,8-11H2,1-2H3,(H2,31,32,33,34);(H,6,7). The molecule has 47 heavy (non-hydrogen) atoms. The Morgan fingerprint density at radius 2 is 1.79 bits per heavy atom. The molecule has 0 bridgehead atoms. The van der Waals surface area contributed by atoms with Crippen LogP contribution in [0.2, 0.25) is 5.02 Å². The van der Waals surface area contributed by atoms with Gasteiger partial charge in [0, 0.05) is 37.7 Å². The topological polar surface area (TPSA) is 151 Å². The van der Waals surface area contributed by atoms with Crippen LogP contribution in [0.25, 0.3) is 6.08 Å². The summed E-state index contributed by atoms with van der Waals surface area (Å²) in [6.07, 6.45) is -5.09. The van der Waals surface area contributed by atoms with Crippen LogP contribution >= 0.6 is 11.6 Å². The van der Waals surface area contributed by atoms with Crippen LogP contribution in [-0.2, 0) is 25.6 Å². The number of alkyl halides is 6. The zero-order chi connectivity index (χ0) is 35.2. The fourth-order valence-electron chi connectivity index (χ4n) is 3.81. The summed E-state index contributed by atoms with van der Waals surface area (Å²) in [7, 11) is -1.69. The number of likely N-dealkylation sites (N-methyl/N-ethyl adjacent to an activating group) is 1. The molecule has 0 atom stereocenters. The summed E-state index contributed by atoms with van der Waals surface area (Å²) in [5, 5.41) is 13.5. The summed E-state index contributed by atoms with van der Waals surface area (Å²) in [4.78, 5) is 31.8. The second-order valence-corrected chi connectivity index (χ2v) is 12.6. The highest BCUT2D eigenvalue weighted by Gasteiger charge is 2.38. The van der Waals surface area contributed by atoms with Crippen molar-refractivity contribution in [2.24, 2.45) is 0 Å². The van der Waals surface area contributed by atoms with E-state index in [9.17, 15) is 39.6 Å². The molecule has 0 fully saturated rings. The van der Waals surface area contributed by atoms with Gasteiger partial charge in [-0.05, 0) is 48.9 Å². The van der Waals surface area contributed by atoms with Crippen molar-refractivity contribution >= 4 is 56.7 Å². The van der Waals surface area contributed by atoms with E-state index in [1.165, 1.54) is 35.5 Å². The van der Waals surface area contributed by atoms with Crippen LogP contribution in [0, 0.1) is 0 Å². The molecule has 0 saturated carbocycles. The molecule has 3 N–H and O–H groups in total. The van der Waals surface area contributed by atoms with Gasteiger partial charge in [-0.1, -0.05) is 17.7 Å². The van der Waals surface area contributed by atoms with Gasteiger partial charge in [0.25, 0.3) is 0 Å². The van der Waals surface area contributed by atoms with Crippen molar-refractivity contribution in [1.29, 1.82) is 0 Å². The molecule has 254 valence electrons. The number of hydrogen-bond donors (Lipinski definition) is 3. The second-order valence-electron chi connectivity index (χ2n) is 9.89. The summed E-state index contributed by atoms with van der Waals surface area (Å²) < 4.78 is 99.4. The highest BCUT2D eigenvalue weighted by Crippen LogP contribution is 2.36. The maximum Gasteiger partial charge on any atom is 0.490 e. The monoisotopic (exact) mass is 709 g/mol. The van der Waals surface area contributed by atoms with Gasteiger partial charge < -0.3 is 25.4 Å². The van der Waals surface area contributed by atoms with Gasteiger partial charge in [-0.15, -0.1) is 0 Å². The average Bonchev–Trinajstić information content (AvgIpc) is 3.19. The third-order valence-corrected chi connectivity index (χ3v) is 7.35. The number of nitrogens with zero attached hydrogens (tertiary/aromatic N) is 3. The lowest BCUT2D eigenvalue weighted by Gasteiger charge is -2.18. The number of carboxylic acid groups (broad SMARTS) is 1. The minimum absolute atomic E-state index is 0.0199. The first kappa shape index (κ1) is 36.9. The van der Waals surface area contributed by atoms with Gasteiger partial charge in [0.15, 0.2) is 0 Å². The van der Waals surface area contributed by atoms with E-state index in [2.05, 4.69) is 20.6 Å². The van der Waals surface area contributed by atoms with Gasteiger partial charge in [-0.3, -0.25) is 4.79 Å². The summed E-state index contributed by atoms with van der Waals surface area (Å²) in [6, 6.07) is 9.11. The highest BCUT2D eigenvalue weighted by atomic mass is 35.5. The van der Waals surface area contributed by atoms with Crippen molar-refractivity contribution in [2.45, 2.75) is 18.8 Å². The Morgan fingerprint density at radius 1 is 1.11 bits per heavy atom. The molecule has 0 aliphatic carbocycles. The zero-order valence-corrected chi connectivity index (χ0v) is 26.0. The fraction of sp³-hybridized carbons (Fsp3) is 0.286. The summed E-state index contributed by atoms with van der Waals surface area (Å²) in [5.74, 6) is -2.23. The number of carbonyl (C=O) groups is 2. The number of nitrogens with one attached hydrogen (secondary N) is 2. The number of benzene rings is 2. The summed E-state index contributed by atoms with van der Waals surface area (Å²) in [6.45, 7) is 0.480. The molecule has 3 aromatic rings. The van der Waals surface area contributed by atoms with Gasteiger partial charge in [-0.2, -0.15) is 26.3 Å². The number of fused-ring (bicyclic) bond motifs is 1. The number of ether oxygens (including phenoxy) is 1. The molecule has 1 aromatic heterocycles. The van der Waals surface area contributed by atoms with Gasteiger partial charge in [0.2, 0.25) is 5.91 Å². The molecule has 2 aromatic carbocycles. The van der Waals surface area contributed by atoms with Crippen molar-refractivity contribution in [3.05, 3.63) is 70.5 Å². The molecular weight excluding hydrogens is 684 g/mol. The lowest BCUT2D eigenvalue weighted by molar-refractivity contribution is -0.192. The number of anilines is 3. The second kappa shape index (κ2) is 14.9. The molecular formula is C28H26ClF6N5O6S. The van der Waals surface area contributed by atoms with Gasteiger partial charge in [0.05, 0.1) is 21.9 Å². The molecule has 2 heterocycles. The number of carbonyl (C=O) groups excluding carboxylic acids is 1. The number of aliphatic carboxylic acids is 1. The van der Waals surface area contributed by atoms with E-state index in [0.29, 0.717) is 41.4 Å². The Bertz CT molecular complexity index is 1770. The first-order valence-corrected chi connectivity index (χ1v) is 15.6. The highest BCUT2D eigenvalue weighted by molar-refractivity contribution is 7.90. The van der Waals surface area contributed by atoms with Crippen LogP contribution < -0.4 is 15.4 Å². The van der Waals surface area contributed by atoms with E-state index >= 15 is 0 Å². The summed E-state index contributed by atoms with van der Waals surface area (Å²) in [5.41, 5.74) is 0.617. The number of sulfone groups is 1. The van der Waals surface area contributed by atoms with E-state index in [1.54, 1.807) is 19.2 Å². The maximum absolute atomic E-state index is 13.0. The van der Waals surface area contributed by atoms with Crippen molar-refractivity contribution in [2.75, 3.05) is 42.8 Å². The first-order valence-electron chi connectivity index (χ1n) is 13.2. The molecule has 0 radical (unpaired) electrons. The van der Waals surface area contributed by atoms with E-state index in [-0.39, 0.29) is 34.7 Å². The molecule has 1 amide bonds. The van der Waals surface area contributed by atoms with Crippen molar-refractivity contribution in [3.8, 4) is 11.5 Å². The molecule has 11 nitrogen and oxygen atoms in total. The van der Waals surface area contributed by atoms with Crippen LogP contribution in [0.4, 0.5) is 43.7 Å². The third kappa shape index (κ3) is 11.0. The van der Waals surface area contributed by atoms with Crippen LogP contribution in [0.3, 0.4) is 0 Å². The minimum atomic E-state index is -5.08. The van der Waals surface area contributed by atoms with E-state index in [0.717, 1.165) is 18.4 Å². The number of rotatable bonds is 8. The Labute approximate surface area is 269 Å². The first-order chi connectivity index (χ1) is 21.7. The van der Waals surface area contributed by atoms with E-state index in [1.807, 2.05) is 0 Å². The quantitative estimate of drug-likeness (QED) is 0.237. The SMILES string of the molecule is CN(CCS(C)(=O)=O)C(=O)C1=Cc2c(ncnc2Nc2ccc(Oc3cccc(C(F)(F)F)c3)c(Cl)c2)NCC1.O=C(O)C(F)(F)F. The Hall–Kier alpha value is -4.58. The Kier molecular flexibility index (Phi) is 11.7. The normalized spacial score (nSPS) is 13.1. The predicted octanol–water partition coefficient (Wildman–Crippen LogP) is 6.02. The van der Waals surface area contributed by atoms with E-state index in [4.69, 9.17) is 26.2 Å². The largest absolute Gasteiger partial charge is 0.490 e. The molecule has 19 heteroatoms. The van der Waals surface area contributed by atoms with Crippen LogP contribution in [0.5, 0.6) is 11.5 Å². The number of hydrogen-bond acceptors (Lipinski definition) is 9. The van der Waals surface area contributed by atoms with Crippen molar-refractivity contribution in [3.63, 3.8) is 0 Å². The minimum Gasteiger partial charge on any atom is -0.475 e. The van der Waals surface area contributed by atoms with Crippen LogP contribution in [-0.4, -0.2) is 78.6 Å². The van der Waals surface area contributed by atoms with E-state index < -0.39 is 33.7 Å².